The first kappa shape index (κ1) is 16.4. The molecule has 0 spiro atoms. The number of hydrogen-bond donors (Lipinski definition) is 0. The fraction of sp³-hybridized carbons (Fsp3) is 1.00. The van der Waals surface area contributed by atoms with E-state index in [2.05, 4.69) is 39.5 Å². The Balaban J connectivity index is 2.37. The van der Waals surface area contributed by atoms with Crippen LogP contribution in [0.4, 0.5) is 0 Å². The molecule has 0 aromatic rings. The molecule has 1 fully saturated rings. The van der Waals surface area contributed by atoms with Crippen molar-refractivity contribution in [3.05, 3.63) is 0 Å². The second-order valence-corrected chi connectivity index (χ2v) is 7.76. The molecule has 4 atom stereocenters. The maximum atomic E-state index is 2.52. The first-order valence-corrected chi connectivity index (χ1v) is 9.38. The molecule has 4 unspecified atom stereocenters. The van der Waals surface area contributed by atoms with E-state index in [1.807, 2.05) is 0 Å². The van der Waals surface area contributed by atoms with Gasteiger partial charge in [-0.25, -0.2) is 0 Å². The van der Waals surface area contributed by atoms with Gasteiger partial charge in [0.1, 0.15) is 0 Å². The smallest absolute Gasteiger partial charge is 0.00365 e. The van der Waals surface area contributed by atoms with Crippen molar-refractivity contribution in [2.45, 2.75) is 72.6 Å². The molecule has 1 heterocycles. The molecule has 0 bridgehead atoms. The Morgan fingerprint density at radius 3 is 2.72 bits per heavy atom. The van der Waals surface area contributed by atoms with Crippen LogP contribution < -0.4 is 0 Å². The van der Waals surface area contributed by atoms with Crippen molar-refractivity contribution in [3.63, 3.8) is 0 Å². The quantitative estimate of drug-likeness (QED) is 0.589. The Morgan fingerprint density at radius 2 is 2.00 bits per heavy atom. The van der Waals surface area contributed by atoms with E-state index in [4.69, 9.17) is 0 Å². The van der Waals surface area contributed by atoms with Crippen LogP contribution in [0.5, 0.6) is 0 Å². The molecular formula is C17H34S. The third kappa shape index (κ3) is 5.99. The van der Waals surface area contributed by atoms with Crippen LogP contribution in [0.1, 0.15) is 72.6 Å². The maximum absolute atomic E-state index is 2.52. The largest absolute Gasteiger partial charge is 0.162 e. The monoisotopic (exact) mass is 270 g/mol. The van der Waals surface area contributed by atoms with E-state index in [0.29, 0.717) is 0 Å². The Morgan fingerprint density at radius 1 is 1.22 bits per heavy atom. The van der Waals surface area contributed by atoms with Gasteiger partial charge in [0.05, 0.1) is 0 Å². The van der Waals surface area contributed by atoms with Gasteiger partial charge in [-0.2, -0.15) is 11.8 Å². The molecule has 0 aliphatic carbocycles. The van der Waals surface area contributed by atoms with Gasteiger partial charge in [0.25, 0.3) is 0 Å². The fourth-order valence-corrected chi connectivity index (χ4v) is 4.41. The minimum atomic E-state index is 0.932. The van der Waals surface area contributed by atoms with Crippen LogP contribution in [0.25, 0.3) is 0 Å². The Kier molecular flexibility index (Phi) is 8.46. The summed E-state index contributed by atoms with van der Waals surface area (Å²) in [5.41, 5.74) is 0. The molecule has 108 valence electrons. The summed E-state index contributed by atoms with van der Waals surface area (Å²) in [6.45, 7) is 9.74. The summed E-state index contributed by atoms with van der Waals surface area (Å²) in [6, 6.07) is 0. The molecule has 0 nitrogen and oxygen atoms in total. The van der Waals surface area contributed by atoms with Crippen LogP contribution in [0.2, 0.25) is 0 Å². The highest BCUT2D eigenvalue weighted by molar-refractivity contribution is 7.99. The van der Waals surface area contributed by atoms with E-state index in [1.54, 1.807) is 0 Å². The molecule has 0 N–H and O–H groups in total. The molecule has 0 aromatic heterocycles. The van der Waals surface area contributed by atoms with Gasteiger partial charge in [0, 0.05) is 0 Å². The number of rotatable bonds is 5. The summed E-state index contributed by atoms with van der Waals surface area (Å²) in [4.78, 5) is 0. The Hall–Kier alpha value is 0.350. The van der Waals surface area contributed by atoms with E-state index in [1.165, 1.54) is 56.5 Å². The van der Waals surface area contributed by atoms with E-state index in [0.717, 1.165) is 23.7 Å². The van der Waals surface area contributed by atoms with Crippen LogP contribution in [0.3, 0.4) is 0 Å². The molecule has 1 rings (SSSR count). The van der Waals surface area contributed by atoms with Gasteiger partial charge in [-0.1, -0.05) is 59.8 Å². The zero-order chi connectivity index (χ0) is 13.4. The third-order valence-corrected chi connectivity index (χ3v) is 6.38. The topological polar surface area (TPSA) is 0 Å². The molecule has 0 aromatic carbocycles. The lowest BCUT2D eigenvalue weighted by molar-refractivity contribution is 0.248. The van der Waals surface area contributed by atoms with E-state index in [9.17, 15) is 0 Å². The van der Waals surface area contributed by atoms with Crippen molar-refractivity contribution in [1.82, 2.24) is 0 Å². The van der Waals surface area contributed by atoms with Crippen molar-refractivity contribution in [2.24, 2.45) is 23.7 Å². The van der Waals surface area contributed by atoms with Gasteiger partial charge in [0.2, 0.25) is 0 Å². The van der Waals surface area contributed by atoms with Crippen molar-refractivity contribution >= 4 is 11.8 Å². The predicted octanol–water partition coefficient (Wildman–Crippen LogP) is 6.01. The second kappa shape index (κ2) is 9.28. The molecule has 1 aliphatic rings. The van der Waals surface area contributed by atoms with Crippen LogP contribution >= 0.6 is 11.8 Å². The summed E-state index contributed by atoms with van der Waals surface area (Å²) >= 11 is 2.22. The lowest BCUT2D eigenvalue weighted by Crippen LogP contribution is -2.21. The lowest BCUT2D eigenvalue weighted by Gasteiger charge is -2.28. The van der Waals surface area contributed by atoms with Crippen molar-refractivity contribution in [2.75, 3.05) is 11.5 Å². The standard InChI is InChI=1S/C17H34S/c1-5-14(2)9-8-11-17-13-18-12-7-6-10-15(3)16(17)4/h14-17H,5-13H2,1-4H3. The third-order valence-electron chi connectivity index (χ3n) is 5.14. The van der Waals surface area contributed by atoms with Gasteiger partial charge in [-0.3, -0.25) is 0 Å². The predicted molar refractivity (Wildman–Crippen MR) is 86.3 cm³/mol. The van der Waals surface area contributed by atoms with Crippen LogP contribution in [-0.2, 0) is 0 Å². The zero-order valence-electron chi connectivity index (χ0n) is 13.1. The van der Waals surface area contributed by atoms with E-state index in [-0.39, 0.29) is 0 Å². The summed E-state index contributed by atoms with van der Waals surface area (Å²) in [7, 11) is 0. The van der Waals surface area contributed by atoms with Gasteiger partial charge in [-0.05, 0) is 48.0 Å². The van der Waals surface area contributed by atoms with Crippen molar-refractivity contribution in [1.29, 1.82) is 0 Å². The Bertz CT molecular complexity index is 202. The highest BCUT2D eigenvalue weighted by Gasteiger charge is 2.23. The van der Waals surface area contributed by atoms with Gasteiger partial charge < -0.3 is 0 Å². The maximum Gasteiger partial charge on any atom is -0.00365 e. The summed E-state index contributed by atoms with van der Waals surface area (Å²) in [6.07, 6.45) is 10.1. The minimum Gasteiger partial charge on any atom is -0.162 e. The summed E-state index contributed by atoms with van der Waals surface area (Å²) in [5, 5.41) is 0. The molecular weight excluding hydrogens is 236 g/mol. The molecule has 1 heteroatoms. The highest BCUT2D eigenvalue weighted by atomic mass is 32.2. The normalized spacial score (nSPS) is 32.3. The second-order valence-electron chi connectivity index (χ2n) is 6.61. The number of hydrogen-bond acceptors (Lipinski definition) is 1. The summed E-state index contributed by atoms with van der Waals surface area (Å²) < 4.78 is 0. The van der Waals surface area contributed by atoms with E-state index < -0.39 is 0 Å². The van der Waals surface area contributed by atoms with Gasteiger partial charge >= 0.3 is 0 Å². The first-order valence-electron chi connectivity index (χ1n) is 8.22. The lowest BCUT2D eigenvalue weighted by atomic mass is 9.79. The fourth-order valence-electron chi connectivity index (χ4n) is 3.06. The molecule has 1 saturated heterocycles. The van der Waals surface area contributed by atoms with Crippen molar-refractivity contribution < 1.29 is 0 Å². The van der Waals surface area contributed by atoms with Crippen molar-refractivity contribution in [3.8, 4) is 0 Å². The average Bonchev–Trinajstić information content (AvgIpc) is 2.44. The SMILES string of the molecule is CCC(C)CCCC1CSCCCCC(C)C1C. The van der Waals surface area contributed by atoms with Gasteiger partial charge in [0.15, 0.2) is 0 Å². The van der Waals surface area contributed by atoms with Crippen LogP contribution in [0.15, 0.2) is 0 Å². The molecule has 0 radical (unpaired) electrons. The summed E-state index contributed by atoms with van der Waals surface area (Å²) in [5.74, 6) is 6.62. The molecule has 0 amide bonds. The molecule has 1 aliphatic heterocycles. The van der Waals surface area contributed by atoms with Crippen LogP contribution in [0, 0.1) is 23.7 Å². The van der Waals surface area contributed by atoms with E-state index >= 15 is 0 Å². The zero-order valence-corrected chi connectivity index (χ0v) is 13.9. The average molecular weight is 271 g/mol. The number of thioether (sulfide) groups is 1. The Labute approximate surface area is 120 Å². The van der Waals surface area contributed by atoms with Crippen LogP contribution in [-0.4, -0.2) is 11.5 Å². The molecule has 18 heavy (non-hydrogen) atoms. The molecule has 0 saturated carbocycles. The first-order chi connectivity index (χ1) is 8.65. The highest BCUT2D eigenvalue weighted by Crippen LogP contribution is 2.33. The minimum absolute atomic E-state index is 0.932. The van der Waals surface area contributed by atoms with Gasteiger partial charge in [-0.15, -0.1) is 0 Å².